The topological polar surface area (TPSA) is 13.7 Å². The molecular formula is C19H34NO+. The van der Waals surface area contributed by atoms with Gasteiger partial charge in [-0.15, -0.1) is 0 Å². The van der Waals surface area contributed by atoms with E-state index in [4.69, 9.17) is 4.74 Å². The van der Waals surface area contributed by atoms with Crippen molar-refractivity contribution in [2.24, 2.45) is 17.3 Å². The van der Waals surface area contributed by atoms with Gasteiger partial charge in [-0.25, -0.2) is 0 Å². The van der Waals surface area contributed by atoms with Crippen molar-refractivity contribution in [2.75, 3.05) is 20.6 Å². The molecule has 0 radical (unpaired) electrons. The Hall–Kier alpha value is -0.340. The number of rotatable bonds is 3. The van der Waals surface area contributed by atoms with Crippen LogP contribution in [0.2, 0.25) is 0 Å². The summed E-state index contributed by atoms with van der Waals surface area (Å²) in [6, 6.07) is 0. The molecule has 2 fully saturated rings. The second kappa shape index (κ2) is 6.04. The first kappa shape index (κ1) is 15.6. The van der Waals surface area contributed by atoms with Crippen molar-refractivity contribution in [2.45, 2.75) is 71.0 Å². The fourth-order valence-electron chi connectivity index (χ4n) is 5.34. The van der Waals surface area contributed by atoms with Gasteiger partial charge < -0.3 is 9.64 Å². The molecule has 0 aromatic heterocycles. The quantitative estimate of drug-likeness (QED) is 0.790. The highest BCUT2D eigenvalue weighted by molar-refractivity contribution is 5.21. The van der Waals surface area contributed by atoms with Crippen molar-refractivity contribution < 1.29 is 9.64 Å². The Balaban J connectivity index is 1.87. The first-order chi connectivity index (χ1) is 9.99. The largest absolute Gasteiger partial charge is 0.373 e. The van der Waals surface area contributed by atoms with Gasteiger partial charge in [-0.2, -0.15) is 0 Å². The Morgan fingerprint density at radius 2 is 1.81 bits per heavy atom. The monoisotopic (exact) mass is 292 g/mol. The lowest BCUT2D eigenvalue weighted by Crippen LogP contribution is -3.07. The predicted octanol–water partition coefficient (Wildman–Crippen LogP) is 2.84. The average Bonchev–Trinajstić information content (AvgIpc) is 2.45. The van der Waals surface area contributed by atoms with E-state index in [1.165, 1.54) is 56.4 Å². The van der Waals surface area contributed by atoms with Gasteiger partial charge in [-0.3, -0.25) is 0 Å². The number of fused-ring (bicyclic) bond motifs is 3. The minimum Gasteiger partial charge on any atom is -0.373 e. The maximum Gasteiger partial charge on any atom is 0.0843 e. The minimum absolute atomic E-state index is 0.266. The minimum atomic E-state index is 0.266. The number of hydrogen-bond acceptors (Lipinski definition) is 1. The lowest BCUT2D eigenvalue weighted by atomic mass is 9.64. The highest BCUT2D eigenvalue weighted by atomic mass is 16.5. The molecule has 2 aliphatic carbocycles. The molecule has 0 aromatic carbocycles. The summed E-state index contributed by atoms with van der Waals surface area (Å²) < 4.78 is 6.77. The third-order valence-electron chi connectivity index (χ3n) is 5.92. The SMILES string of the molecule is C[NH+](C)CC(C)(C)[C@@H]1O[C@H]2CCCC[C@H]2C2=CCCC[C@H]21. The number of nitrogens with one attached hydrogen (secondary N) is 1. The van der Waals surface area contributed by atoms with Crippen LogP contribution in [0, 0.1) is 17.3 Å². The zero-order valence-electron chi connectivity index (χ0n) is 14.5. The average molecular weight is 292 g/mol. The van der Waals surface area contributed by atoms with Crippen molar-refractivity contribution >= 4 is 0 Å². The summed E-state index contributed by atoms with van der Waals surface area (Å²) in [6.07, 6.45) is 13.0. The van der Waals surface area contributed by atoms with Gasteiger partial charge in [0.1, 0.15) is 0 Å². The molecule has 2 nitrogen and oxygen atoms in total. The van der Waals surface area contributed by atoms with Gasteiger partial charge in [0.05, 0.1) is 32.8 Å². The molecule has 1 saturated heterocycles. The number of ether oxygens (including phenoxy) is 1. The highest BCUT2D eigenvalue weighted by Crippen LogP contribution is 2.49. The summed E-state index contributed by atoms with van der Waals surface area (Å²) in [5, 5.41) is 0. The summed E-state index contributed by atoms with van der Waals surface area (Å²) in [7, 11) is 4.54. The van der Waals surface area contributed by atoms with Crippen LogP contribution in [-0.4, -0.2) is 32.8 Å². The number of allylic oxidation sites excluding steroid dienone is 1. The molecule has 0 aromatic rings. The van der Waals surface area contributed by atoms with Crippen LogP contribution in [0.1, 0.15) is 58.8 Å². The van der Waals surface area contributed by atoms with Gasteiger partial charge in [0, 0.05) is 17.3 Å². The highest BCUT2D eigenvalue weighted by Gasteiger charge is 2.49. The summed E-state index contributed by atoms with van der Waals surface area (Å²) in [5.41, 5.74) is 2.06. The van der Waals surface area contributed by atoms with Crippen LogP contribution in [0.3, 0.4) is 0 Å². The Labute approximate surface area is 130 Å². The van der Waals surface area contributed by atoms with Gasteiger partial charge >= 0.3 is 0 Å². The summed E-state index contributed by atoms with van der Waals surface area (Å²) in [4.78, 5) is 1.54. The molecule has 3 aliphatic rings. The van der Waals surface area contributed by atoms with Crippen molar-refractivity contribution in [1.82, 2.24) is 0 Å². The fraction of sp³-hybridized carbons (Fsp3) is 0.895. The Bertz CT molecular complexity index is 398. The van der Waals surface area contributed by atoms with Crippen molar-refractivity contribution in [1.29, 1.82) is 0 Å². The normalized spacial score (nSPS) is 36.9. The van der Waals surface area contributed by atoms with Gasteiger partial charge in [0.15, 0.2) is 0 Å². The van der Waals surface area contributed by atoms with E-state index in [2.05, 4.69) is 34.0 Å². The van der Waals surface area contributed by atoms with E-state index in [1.54, 1.807) is 5.57 Å². The van der Waals surface area contributed by atoms with Crippen LogP contribution in [0.5, 0.6) is 0 Å². The predicted molar refractivity (Wildman–Crippen MR) is 87.5 cm³/mol. The van der Waals surface area contributed by atoms with Gasteiger partial charge in [0.2, 0.25) is 0 Å². The molecular weight excluding hydrogens is 258 g/mol. The fourth-order valence-corrected chi connectivity index (χ4v) is 5.34. The third-order valence-corrected chi connectivity index (χ3v) is 5.92. The molecule has 0 spiro atoms. The summed E-state index contributed by atoms with van der Waals surface area (Å²) >= 11 is 0. The van der Waals surface area contributed by atoms with Gasteiger partial charge in [0.25, 0.3) is 0 Å². The van der Waals surface area contributed by atoms with Crippen LogP contribution in [0.4, 0.5) is 0 Å². The standard InChI is InChI=1S/C19H33NO/c1-19(2,13-20(3)4)18-16-11-6-5-9-14(16)15-10-7-8-12-17(15)21-18/h9,15-18H,5-8,10-13H2,1-4H3/p+1/t15-,16+,17-,18+/m0/s1. The van der Waals surface area contributed by atoms with E-state index in [0.29, 0.717) is 18.1 Å². The molecule has 120 valence electrons. The maximum atomic E-state index is 6.77. The molecule has 0 amide bonds. The molecule has 1 aliphatic heterocycles. The number of hydrogen-bond donors (Lipinski definition) is 1. The lowest BCUT2D eigenvalue weighted by molar-refractivity contribution is -0.866. The van der Waals surface area contributed by atoms with E-state index in [-0.39, 0.29) is 5.41 Å². The van der Waals surface area contributed by atoms with Crippen LogP contribution >= 0.6 is 0 Å². The van der Waals surface area contributed by atoms with E-state index in [9.17, 15) is 0 Å². The third kappa shape index (κ3) is 3.07. The Morgan fingerprint density at radius 3 is 2.57 bits per heavy atom. The maximum absolute atomic E-state index is 6.77. The molecule has 0 bridgehead atoms. The van der Waals surface area contributed by atoms with Crippen molar-refractivity contribution in [3.8, 4) is 0 Å². The van der Waals surface area contributed by atoms with Crippen LogP contribution < -0.4 is 4.90 Å². The Morgan fingerprint density at radius 1 is 1.10 bits per heavy atom. The Kier molecular flexibility index (Phi) is 4.47. The molecule has 1 heterocycles. The molecule has 1 saturated carbocycles. The van der Waals surface area contributed by atoms with E-state index in [0.717, 1.165) is 5.92 Å². The molecule has 2 heteroatoms. The summed E-state index contributed by atoms with van der Waals surface area (Å²) in [6.45, 7) is 6.05. The molecule has 0 unspecified atom stereocenters. The van der Waals surface area contributed by atoms with Crippen molar-refractivity contribution in [3.05, 3.63) is 11.6 Å². The summed E-state index contributed by atoms with van der Waals surface area (Å²) in [5.74, 6) is 1.45. The van der Waals surface area contributed by atoms with Gasteiger partial charge in [-0.05, 0) is 32.1 Å². The van der Waals surface area contributed by atoms with Crippen LogP contribution in [-0.2, 0) is 4.74 Å². The smallest absolute Gasteiger partial charge is 0.0843 e. The first-order valence-corrected chi connectivity index (χ1v) is 9.13. The van der Waals surface area contributed by atoms with Crippen LogP contribution in [0.25, 0.3) is 0 Å². The lowest BCUT2D eigenvalue weighted by Gasteiger charge is -2.52. The van der Waals surface area contributed by atoms with Crippen molar-refractivity contribution in [3.63, 3.8) is 0 Å². The van der Waals surface area contributed by atoms with Crippen LogP contribution in [0.15, 0.2) is 11.6 Å². The van der Waals surface area contributed by atoms with E-state index < -0.39 is 0 Å². The molecule has 4 atom stereocenters. The van der Waals surface area contributed by atoms with E-state index in [1.807, 2.05) is 0 Å². The zero-order chi connectivity index (χ0) is 15.0. The number of quaternary nitrogens is 1. The molecule has 3 rings (SSSR count). The zero-order valence-corrected chi connectivity index (χ0v) is 14.5. The second-order valence-corrected chi connectivity index (χ2v) is 8.60. The van der Waals surface area contributed by atoms with Gasteiger partial charge in [-0.1, -0.05) is 38.3 Å². The first-order valence-electron chi connectivity index (χ1n) is 9.13. The van der Waals surface area contributed by atoms with E-state index >= 15 is 0 Å². The second-order valence-electron chi connectivity index (χ2n) is 8.60. The molecule has 21 heavy (non-hydrogen) atoms. The molecule has 1 N–H and O–H groups in total.